The van der Waals surface area contributed by atoms with E-state index in [1.165, 1.54) is 12.1 Å². The van der Waals surface area contributed by atoms with Gasteiger partial charge in [-0.1, -0.05) is 92.7 Å². The third-order valence-electron chi connectivity index (χ3n) is 6.51. The van der Waals surface area contributed by atoms with E-state index in [0.717, 1.165) is 36.5 Å². The summed E-state index contributed by atoms with van der Waals surface area (Å²) in [5.74, 6) is 0.411. The smallest absolute Gasteiger partial charge is 0.140 e. The summed E-state index contributed by atoms with van der Waals surface area (Å²) in [7, 11) is 0. The van der Waals surface area contributed by atoms with E-state index in [1.807, 2.05) is 66.7 Å². The Morgan fingerprint density at radius 1 is 0.686 bits per heavy atom. The Labute approximate surface area is 207 Å². The van der Waals surface area contributed by atoms with Crippen LogP contribution >= 0.6 is 0 Å². The zero-order valence-electron chi connectivity index (χ0n) is 20.3. The minimum absolute atomic E-state index is 0.340. The van der Waals surface area contributed by atoms with Gasteiger partial charge >= 0.3 is 0 Å². The van der Waals surface area contributed by atoms with Gasteiger partial charge in [-0.15, -0.1) is 0 Å². The first kappa shape index (κ1) is 24.6. The van der Waals surface area contributed by atoms with Crippen LogP contribution in [0.3, 0.4) is 0 Å². The van der Waals surface area contributed by atoms with E-state index in [4.69, 9.17) is 4.74 Å². The Hall–Kier alpha value is -3.47. The van der Waals surface area contributed by atoms with Crippen molar-refractivity contribution in [1.29, 1.82) is 0 Å². The van der Waals surface area contributed by atoms with Gasteiger partial charge in [0.25, 0.3) is 0 Å². The summed E-state index contributed by atoms with van der Waals surface area (Å²) in [4.78, 5) is 2.31. The number of halogens is 1. The molecule has 0 aliphatic rings. The van der Waals surface area contributed by atoms with Gasteiger partial charge in [0.1, 0.15) is 23.8 Å². The molecular weight excluding hydrogens is 437 g/mol. The standard InChI is InChI=1S/C31H32FNO2/c1-3-33(4-2)22-23-35-30-20-16-28(17-21-30)31(34,27-14-18-29(32)19-15-27)26-12-10-25(11-13-26)24-8-6-5-7-9-24/h5-21,34H,3-4,22-23H2,1-2H3. The van der Waals surface area contributed by atoms with Crippen molar-refractivity contribution in [3.8, 4) is 16.9 Å². The first-order valence-corrected chi connectivity index (χ1v) is 12.1. The fraction of sp³-hybridized carbons (Fsp3) is 0.226. The van der Waals surface area contributed by atoms with E-state index in [2.05, 4.69) is 30.9 Å². The summed E-state index contributed by atoms with van der Waals surface area (Å²) in [6.45, 7) is 7.73. The Morgan fingerprint density at radius 3 is 1.71 bits per heavy atom. The fourth-order valence-corrected chi connectivity index (χ4v) is 4.35. The van der Waals surface area contributed by atoms with E-state index in [-0.39, 0.29) is 5.82 Å². The zero-order chi connectivity index (χ0) is 24.7. The molecule has 0 heterocycles. The molecule has 180 valence electrons. The normalized spacial score (nSPS) is 12.9. The molecule has 0 aromatic heterocycles. The van der Waals surface area contributed by atoms with Crippen LogP contribution in [0.4, 0.5) is 4.39 Å². The van der Waals surface area contributed by atoms with E-state index >= 15 is 0 Å². The van der Waals surface area contributed by atoms with Gasteiger partial charge in [-0.25, -0.2) is 4.39 Å². The van der Waals surface area contributed by atoms with Crippen LogP contribution in [-0.2, 0) is 5.60 Å². The van der Waals surface area contributed by atoms with Crippen LogP contribution in [0.2, 0.25) is 0 Å². The topological polar surface area (TPSA) is 32.7 Å². The molecule has 0 aliphatic carbocycles. The maximum absolute atomic E-state index is 13.7. The van der Waals surface area contributed by atoms with Gasteiger partial charge in [-0.2, -0.15) is 0 Å². The van der Waals surface area contributed by atoms with Crippen LogP contribution in [0.25, 0.3) is 11.1 Å². The highest BCUT2D eigenvalue weighted by atomic mass is 19.1. The molecule has 1 atom stereocenters. The third-order valence-corrected chi connectivity index (χ3v) is 6.51. The first-order chi connectivity index (χ1) is 17.0. The summed E-state index contributed by atoms with van der Waals surface area (Å²) in [6.07, 6.45) is 0. The molecule has 0 aliphatic heterocycles. The lowest BCUT2D eigenvalue weighted by atomic mass is 9.80. The number of ether oxygens (including phenoxy) is 1. The van der Waals surface area contributed by atoms with Gasteiger partial charge in [0.05, 0.1) is 0 Å². The molecule has 0 spiro atoms. The lowest BCUT2D eigenvalue weighted by Crippen LogP contribution is -2.29. The van der Waals surface area contributed by atoms with Crippen molar-refractivity contribution < 1.29 is 14.2 Å². The van der Waals surface area contributed by atoms with Crippen molar-refractivity contribution >= 4 is 0 Å². The number of benzene rings is 4. The lowest BCUT2D eigenvalue weighted by Gasteiger charge is -2.30. The van der Waals surface area contributed by atoms with Gasteiger partial charge in [0.15, 0.2) is 0 Å². The number of likely N-dealkylation sites (N-methyl/N-ethyl adjacent to an activating group) is 1. The highest BCUT2D eigenvalue weighted by Gasteiger charge is 2.34. The Bertz CT molecular complexity index is 1190. The quantitative estimate of drug-likeness (QED) is 0.269. The van der Waals surface area contributed by atoms with Crippen LogP contribution in [0.1, 0.15) is 30.5 Å². The highest BCUT2D eigenvalue weighted by molar-refractivity contribution is 5.64. The summed E-state index contributed by atoms with van der Waals surface area (Å²) < 4.78 is 19.6. The molecule has 4 heteroatoms. The maximum atomic E-state index is 13.7. The van der Waals surface area contributed by atoms with Crippen LogP contribution in [-0.4, -0.2) is 36.2 Å². The molecule has 1 N–H and O–H groups in total. The summed E-state index contributed by atoms with van der Waals surface area (Å²) in [5, 5.41) is 12.1. The average molecular weight is 470 g/mol. The van der Waals surface area contributed by atoms with Crippen molar-refractivity contribution in [1.82, 2.24) is 4.90 Å². The number of hydrogen-bond donors (Lipinski definition) is 1. The minimum atomic E-state index is -1.44. The molecule has 0 bridgehead atoms. The average Bonchev–Trinajstić information content (AvgIpc) is 2.92. The number of nitrogens with zero attached hydrogens (tertiary/aromatic N) is 1. The molecule has 4 aromatic rings. The maximum Gasteiger partial charge on any atom is 0.140 e. The molecule has 0 radical (unpaired) electrons. The molecular formula is C31H32FNO2. The van der Waals surface area contributed by atoms with Crippen molar-refractivity contribution in [2.75, 3.05) is 26.2 Å². The second kappa shape index (κ2) is 11.3. The molecule has 0 amide bonds. The molecule has 0 saturated carbocycles. The van der Waals surface area contributed by atoms with Gasteiger partial charge < -0.3 is 14.7 Å². The first-order valence-electron chi connectivity index (χ1n) is 12.1. The van der Waals surface area contributed by atoms with Gasteiger partial charge in [-0.3, -0.25) is 0 Å². The van der Waals surface area contributed by atoms with E-state index in [1.54, 1.807) is 12.1 Å². The summed E-state index contributed by atoms with van der Waals surface area (Å²) in [5.41, 5.74) is 2.72. The molecule has 4 rings (SSSR count). The molecule has 1 unspecified atom stereocenters. The molecule has 0 saturated heterocycles. The Kier molecular flexibility index (Phi) is 7.96. The molecule has 4 aromatic carbocycles. The minimum Gasteiger partial charge on any atom is -0.492 e. The van der Waals surface area contributed by atoms with Gasteiger partial charge in [-0.05, 0) is 65.2 Å². The monoisotopic (exact) mass is 469 g/mol. The lowest BCUT2D eigenvalue weighted by molar-refractivity contribution is 0.125. The van der Waals surface area contributed by atoms with Gasteiger partial charge in [0.2, 0.25) is 0 Å². The Morgan fingerprint density at radius 2 is 1.17 bits per heavy atom. The zero-order valence-corrected chi connectivity index (χ0v) is 20.3. The van der Waals surface area contributed by atoms with Crippen molar-refractivity contribution in [3.05, 3.63) is 126 Å². The third kappa shape index (κ3) is 5.61. The summed E-state index contributed by atoms with van der Waals surface area (Å²) >= 11 is 0. The van der Waals surface area contributed by atoms with E-state index in [9.17, 15) is 9.50 Å². The van der Waals surface area contributed by atoms with Crippen LogP contribution in [0.5, 0.6) is 5.75 Å². The van der Waals surface area contributed by atoms with Crippen LogP contribution in [0.15, 0.2) is 103 Å². The van der Waals surface area contributed by atoms with E-state index < -0.39 is 5.60 Å². The summed E-state index contributed by atoms with van der Waals surface area (Å²) in [6, 6.07) is 31.5. The highest BCUT2D eigenvalue weighted by Crippen LogP contribution is 2.38. The molecule has 0 fully saturated rings. The second-order valence-corrected chi connectivity index (χ2v) is 8.56. The van der Waals surface area contributed by atoms with Gasteiger partial charge in [0, 0.05) is 6.54 Å². The molecule has 35 heavy (non-hydrogen) atoms. The SMILES string of the molecule is CCN(CC)CCOc1ccc(C(O)(c2ccc(F)cc2)c2ccc(-c3ccccc3)cc2)cc1. The number of rotatable bonds is 10. The molecule has 3 nitrogen and oxygen atoms in total. The van der Waals surface area contributed by atoms with Crippen molar-refractivity contribution in [2.45, 2.75) is 19.4 Å². The fourth-order valence-electron chi connectivity index (χ4n) is 4.35. The van der Waals surface area contributed by atoms with E-state index in [0.29, 0.717) is 23.3 Å². The van der Waals surface area contributed by atoms with Crippen LogP contribution in [0, 0.1) is 5.82 Å². The second-order valence-electron chi connectivity index (χ2n) is 8.56. The van der Waals surface area contributed by atoms with Crippen LogP contribution < -0.4 is 4.74 Å². The van der Waals surface area contributed by atoms with Crippen molar-refractivity contribution in [2.24, 2.45) is 0 Å². The number of hydrogen-bond acceptors (Lipinski definition) is 3. The Balaban J connectivity index is 1.64. The van der Waals surface area contributed by atoms with Crippen molar-refractivity contribution in [3.63, 3.8) is 0 Å². The predicted octanol–water partition coefficient (Wildman–Crippen LogP) is 6.50. The predicted molar refractivity (Wildman–Crippen MR) is 140 cm³/mol. The largest absolute Gasteiger partial charge is 0.492 e. The number of aliphatic hydroxyl groups is 1.